The molecule has 0 amide bonds. The molecule has 212 valence electrons. The Kier molecular flexibility index (Phi) is 8.54. The highest BCUT2D eigenvalue weighted by Gasteiger charge is 2.60. The lowest BCUT2D eigenvalue weighted by Crippen LogP contribution is -2.53. The van der Waals surface area contributed by atoms with E-state index in [-0.39, 0.29) is 23.9 Å². The fourth-order valence-corrected chi connectivity index (χ4v) is 5.68. The Balaban J connectivity index is 1.58. The number of nitrogen functional groups attached to an aromatic ring is 1. The van der Waals surface area contributed by atoms with Crippen LogP contribution in [0.25, 0.3) is 5.52 Å². The average molecular weight is 568 g/mol. The molecular formula is C24H31FN5O8P. The van der Waals surface area contributed by atoms with E-state index in [1.165, 1.54) is 42.0 Å². The Bertz CT molecular complexity index is 1350. The number of nitrogens with zero attached hydrogens (tertiary/aromatic N) is 3. The first-order valence-electron chi connectivity index (χ1n) is 12.2. The summed E-state index contributed by atoms with van der Waals surface area (Å²) in [5, 5.41) is 29.2. The van der Waals surface area contributed by atoms with Gasteiger partial charge in [0.25, 0.3) is 0 Å². The molecule has 13 nitrogen and oxygen atoms in total. The van der Waals surface area contributed by atoms with Gasteiger partial charge in [0, 0.05) is 0 Å². The summed E-state index contributed by atoms with van der Waals surface area (Å²) in [6.07, 6.45) is -0.153. The van der Waals surface area contributed by atoms with Gasteiger partial charge in [-0.3, -0.25) is 9.32 Å². The van der Waals surface area contributed by atoms with Gasteiger partial charge in [-0.25, -0.2) is 18.5 Å². The van der Waals surface area contributed by atoms with E-state index in [0.717, 1.165) is 0 Å². The molecule has 4 rings (SSSR count). The summed E-state index contributed by atoms with van der Waals surface area (Å²) in [4.78, 5) is 16.2. The third-order valence-electron chi connectivity index (χ3n) is 6.28. The van der Waals surface area contributed by atoms with Crippen molar-refractivity contribution in [3.05, 3.63) is 54.5 Å². The second-order valence-electron chi connectivity index (χ2n) is 9.17. The minimum atomic E-state index is -4.40. The van der Waals surface area contributed by atoms with Crippen molar-refractivity contribution < 1.29 is 42.5 Å². The molecule has 5 atom stereocenters. The Morgan fingerprint density at radius 3 is 2.79 bits per heavy atom. The standard InChI is InChI=1S/C24H31FN5O8P/c1-3-11-35-21(31)16(2)29-39(34,38-17-7-5-4-6-8-17)37-13-23(12-25)22(32)24(33,14-36-23)19-10-9-18-20(26)27-15-28-30(18)19/h4-10,15-16,22,32-33H,3,11-14H2,1-2H3,(H,29,34)(H2,26,27,28)/t16-,22+,23+,24+,39+/m0/s1. The smallest absolute Gasteiger partial charge is 0.459 e. The molecule has 0 spiro atoms. The topological polar surface area (TPSA) is 180 Å². The van der Waals surface area contributed by atoms with Gasteiger partial charge in [-0.1, -0.05) is 25.1 Å². The summed E-state index contributed by atoms with van der Waals surface area (Å²) in [6, 6.07) is 9.84. The summed E-state index contributed by atoms with van der Waals surface area (Å²) in [5.41, 5.74) is 2.00. The predicted octanol–water partition coefficient (Wildman–Crippen LogP) is 1.73. The van der Waals surface area contributed by atoms with Crippen LogP contribution in [0.1, 0.15) is 26.0 Å². The van der Waals surface area contributed by atoms with E-state index >= 15 is 0 Å². The highest BCUT2D eigenvalue weighted by atomic mass is 31.2. The summed E-state index contributed by atoms with van der Waals surface area (Å²) in [6.45, 7) is 0.690. The normalized spacial score (nSPS) is 25.3. The summed E-state index contributed by atoms with van der Waals surface area (Å²) in [7, 11) is -4.40. The number of carbonyl (C=O) groups is 1. The number of fused-ring (bicyclic) bond motifs is 1. The molecule has 0 aliphatic carbocycles. The number of aliphatic hydroxyl groups excluding tert-OH is 1. The summed E-state index contributed by atoms with van der Waals surface area (Å²) < 4.78 is 51.4. The van der Waals surface area contributed by atoms with E-state index in [0.29, 0.717) is 11.9 Å². The Labute approximate surface area is 223 Å². The molecule has 5 N–H and O–H groups in total. The van der Waals surface area contributed by atoms with E-state index in [4.69, 9.17) is 24.3 Å². The third kappa shape index (κ3) is 5.76. The van der Waals surface area contributed by atoms with Gasteiger partial charge >= 0.3 is 13.7 Å². The van der Waals surface area contributed by atoms with Crippen molar-refractivity contribution in [2.24, 2.45) is 0 Å². The molecule has 0 unspecified atom stereocenters. The summed E-state index contributed by atoms with van der Waals surface area (Å²) in [5.74, 6) is -0.437. The van der Waals surface area contributed by atoms with Crippen molar-refractivity contribution in [1.29, 1.82) is 0 Å². The SMILES string of the molecule is CCCOC(=O)[C@H](C)N[P@@](=O)(OC[C@@]1(CF)OC[C@@](O)(c2ccc3c(N)ncnn23)[C@@H]1O)Oc1ccccc1. The number of aliphatic hydroxyl groups is 2. The van der Waals surface area contributed by atoms with Crippen LogP contribution in [-0.4, -0.2) is 75.0 Å². The number of nitrogens with one attached hydrogen (secondary N) is 1. The van der Waals surface area contributed by atoms with Crippen LogP contribution < -0.4 is 15.3 Å². The molecule has 1 aromatic carbocycles. The number of alkyl halides is 1. The summed E-state index contributed by atoms with van der Waals surface area (Å²) >= 11 is 0. The van der Waals surface area contributed by atoms with Gasteiger partial charge in [0.05, 0.1) is 25.5 Å². The van der Waals surface area contributed by atoms with Crippen LogP contribution in [0.5, 0.6) is 5.75 Å². The fraction of sp³-hybridized carbons (Fsp3) is 0.458. The molecule has 3 aromatic rings. The van der Waals surface area contributed by atoms with Gasteiger partial charge in [0.15, 0.2) is 11.4 Å². The first kappa shape index (κ1) is 28.9. The number of nitrogens with two attached hydrogens (primary N) is 1. The van der Waals surface area contributed by atoms with Crippen molar-refractivity contribution in [1.82, 2.24) is 19.7 Å². The van der Waals surface area contributed by atoms with Gasteiger partial charge in [0.2, 0.25) is 0 Å². The van der Waals surface area contributed by atoms with Crippen molar-refractivity contribution in [3.8, 4) is 5.75 Å². The number of hydrogen-bond acceptors (Lipinski definition) is 11. The van der Waals surface area contributed by atoms with Crippen molar-refractivity contribution >= 4 is 25.1 Å². The number of carbonyl (C=O) groups excluding carboxylic acids is 1. The van der Waals surface area contributed by atoms with Gasteiger partial charge in [-0.2, -0.15) is 10.2 Å². The highest BCUT2D eigenvalue weighted by Crippen LogP contribution is 2.48. The second-order valence-corrected chi connectivity index (χ2v) is 10.9. The quantitative estimate of drug-likeness (QED) is 0.184. The van der Waals surface area contributed by atoms with Crippen molar-refractivity contribution in [2.75, 3.05) is 32.2 Å². The maximum Gasteiger partial charge on any atom is 0.459 e. The zero-order valence-corrected chi connectivity index (χ0v) is 22.3. The number of ether oxygens (including phenoxy) is 2. The van der Waals surface area contributed by atoms with Gasteiger partial charge in [0.1, 0.15) is 42.0 Å². The Morgan fingerprint density at radius 1 is 1.36 bits per heavy atom. The molecular weight excluding hydrogens is 536 g/mol. The second kappa shape index (κ2) is 11.5. The van der Waals surface area contributed by atoms with Crippen LogP contribution in [0, 0.1) is 0 Å². The molecule has 1 aliphatic heterocycles. The molecule has 3 heterocycles. The van der Waals surface area contributed by atoms with E-state index in [1.54, 1.807) is 18.2 Å². The fourth-order valence-electron chi connectivity index (χ4n) is 4.13. The molecule has 0 bridgehead atoms. The zero-order chi connectivity index (χ0) is 28.3. The number of aromatic nitrogens is 3. The Hall–Kier alpha value is -3.13. The predicted molar refractivity (Wildman–Crippen MR) is 136 cm³/mol. The number of esters is 1. The van der Waals surface area contributed by atoms with Crippen molar-refractivity contribution in [3.63, 3.8) is 0 Å². The van der Waals surface area contributed by atoms with Crippen LogP contribution in [-0.2, 0) is 29.0 Å². The van der Waals surface area contributed by atoms with Crippen LogP contribution in [0.15, 0.2) is 48.8 Å². The molecule has 1 fully saturated rings. The van der Waals surface area contributed by atoms with E-state index < -0.39 is 57.0 Å². The van der Waals surface area contributed by atoms with E-state index in [1.807, 2.05) is 6.92 Å². The van der Waals surface area contributed by atoms with Crippen LogP contribution in [0.3, 0.4) is 0 Å². The molecule has 1 aliphatic rings. The largest absolute Gasteiger partial charge is 0.465 e. The maximum absolute atomic E-state index is 14.5. The minimum Gasteiger partial charge on any atom is -0.465 e. The van der Waals surface area contributed by atoms with Gasteiger partial charge in [-0.05, 0) is 37.6 Å². The minimum absolute atomic E-state index is 0.0727. The molecule has 0 radical (unpaired) electrons. The molecule has 0 saturated carbocycles. The lowest BCUT2D eigenvalue weighted by molar-refractivity contribution is -0.145. The lowest BCUT2D eigenvalue weighted by Gasteiger charge is -2.33. The number of halogens is 1. The monoisotopic (exact) mass is 567 g/mol. The van der Waals surface area contributed by atoms with E-state index in [2.05, 4.69) is 15.2 Å². The number of benzene rings is 1. The van der Waals surface area contributed by atoms with Gasteiger partial charge < -0.3 is 29.9 Å². The number of hydrogen-bond donors (Lipinski definition) is 4. The molecule has 15 heteroatoms. The maximum atomic E-state index is 14.5. The van der Waals surface area contributed by atoms with E-state index in [9.17, 15) is 24.0 Å². The highest BCUT2D eigenvalue weighted by molar-refractivity contribution is 7.52. The zero-order valence-electron chi connectivity index (χ0n) is 21.4. The van der Waals surface area contributed by atoms with Crippen LogP contribution in [0.4, 0.5) is 10.2 Å². The van der Waals surface area contributed by atoms with Crippen LogP contribution in [0.2, 0.25) is 0 Å². The van der Waals surface area contributed by atoms with Crippen LogP contribution >= 0.6 is 7.75 Å². The Morgan fingerprint density at radius 2 is 2.10 bits per heavy atom. The number of para-hydroxylation sites is 1. The lowest BCUT2D eigenvalue weighted by atomic mass is 9.86. The molecule has 1 saturated heterocycles. The van der Waals surface area contributed by atoms with Crippen molar-refractivity contribution in [2.45, 2.75) is 43.6 Å². The third-order valence-corrected chi connectivity index (χ3v) is 7.91. The van der Waals surface area contributed by atoms with Gasteiger partial charge in [-0.15, -0.1) is 0 Å². The number of anilines is 1. The molecule has 39 heavy (non-hydrogen) atoms. The molecule has 2 aromatic heterocycles. The first-order chi connectivity index (χ1) is 18.6. The average Bonchev–Trinajstić information content (AvgIpc) is 3.48. The number of rotatable bonds is 12. The first-order valence-corrected chi connectivity index (χ1v) is 13.7.